The van der Waals surface area contributed by atoms with E-state index in [4.69, 9.17) is 17.3 Å². The lowest BCUT2D eigenvalue weighted by Crippen LogP contribution is -2.19. The molecule has 82 valence electrons. The van der Waals surface area contributed by atoms with Crippen molar-refractivity contribution in [1.82, 2.24) is 14.8 Å². The van der Waals surface area contributed by atoms with Crippen LogP contribution in [0.25, 0.3) is 0 Å². The highest BCUT2D eigenvalue weighted by atomic mass is 32.1. The van der Waals surface area contributed by atoms with E-state index < -0.39 is 5.97 Å². The van der Waals surface area contributed by atoms with Gasteiger partial charge in [-0.1, -0.05) is 6.42 Å². The summed E-state index contributed by atoms with van der Waals surface area (Å²) in [6.07, 6.45) is 2.56. The maximum absolute atomic E-state index is 11.0. The zero-order chi connectivity index (χ0) is 11.0. The maximum Gasteiger partial charge on any atom is 0.307 e. The molecule has 0 aromatic carbocycles. The number of hydrogen-bond donors (Lipinski definition) is 2. The molecule has 2 rings (SSSR count). The van der Waals surface area contributed by atoms with Crippen molar-refractivity contribution in [2.75, 3.05) is 0 Å². The van der Waals surface area contributed by atoms with Crippen molar-refractivity contribution in [3.8, 4) is 0 Å². The summed E-state index contributed by atoms with van der Waals surface area (Å²) in [5.41, 5.74) is 0. The number of nitrogens with zero attached hydrogens (tertiary/aromatic N) is 2. The highest BCUT2D eigenvalue weighted by Crippen LogP contribution is 2.38. The van der Waals surface area contributed by atoms with E-state index in [2.05, 4.69) is 10.2 Å². The lowest BCUT2D eigenvalue weighted by atomic mass is 9.95. The fourth-order valence-corrected chi connectivity index (χ4v) is 2.39. The Balaban J connectivity index is 2.34. The van der Waals surface area contributed by atoms with Gasteiger partial charge in [0.05, 0.1) is 5.92 Å². The van der Waals surface area contributed by atoms with Gasteiger partial charge in [-0.2, -0.15) is 5.10 Å². The molecule has 2 atom stereocenters. The predicted octanol–water partition coefficient (Wildman–Crippen LogP) is 1.45. The highest BCUT2D eigenvalue weighted by molar-refractivity contribution is 7.71. The monoisotopic (exact) mass is 227 g/mol. The number of H-pyrrole nitrogens is 1. The van der Waals surface area contributed by atoms with E-state index in [1.807, 2.05) is 7.05 Å². The molecule has 1 aliphatic rings. The van der Waals surface area contributed by atoms with Crippen LogP contribution in [-0.4, -0.2) is 25.8 Å². The molecule has 15 heavy (non-hydrogen) atoms. The second-order valence-electron chi connectivity index (χ2n) is 3.93. The first-order valence-electron chi connectivity index (χ1n) is 4.95. The molecule has 5 nitrogen and oxygen atoms in total. The van der Waals surface area contributed by atoms with Crippen molar-refractivity contribution in [1.29, 1.82) is 0 Å². The second kappa shape index (κ2) is 3.77. The average Bonchev–Trinajstić information content (AvgIpc) is 2.75. The number of aliphatic carboxylic acids is 1. The van der Waals surface area contributed by atoms with Crippen LogP contribution in [0.15, 0.2) is 0 Å². The van der Waals surface area contributed by atoms with Gasteiger partial charge < -0.3 is 9.67 Å². The molecule has 1 aromatic rings. The first-order valence-corrected chi connectivity index (χ1v) is 5.36. The summed E-state index contributed by atoms with van der Waals surface area (Å²) < 4.78 is 2.31. The smallest absolute Gasteiger partial charge is 0.307 e. The van der Waals surface area contributed by atoms with Gasteiger partial charge in [-0.05, 0) is 25.1 Å². The Morgan fingerprint density at radius 3 is 2.93 bits per heavy atom. The molecule has 1 fully saturated rings. The van der Waals surface area contributed by atoms with Crippen molar-refractivity contribution in [3.63, 3.8) is 0 Å². The Morgan fingerprint density at radius 2 is 2.40 bits per heavy atom. The molecule has 0 unspecified atom stereocenters. The van der Waals surface area contributed by atoms with Crippen LogP contribution in [0.5, 0.6) is 0 Å². The quantitative estimate of drug-likeness (QED) is 0.750. The summed E-state index contributed by atoms with van der Waals surface area (Å²) in [7, 11) is 1.82. The molecule has 0 bridgehead atoms. The van der Waals surface area contributed by atoms with Gasteiger partial charge in [0.1, 0.15) is 5.82 Å². The molecule has 1 heterocycles. The number of hydrogen-bond acceptors (Lipinski definition) is 3. The van der Waals surface area contributed by atoms with Gasteiger partial charge in [0.2, 0.25) is 0 Å². The molecule has 0 spiro atoms. The number of carboxylic acids is 1. The van der Waals surface area contributed by atoms with Crippen LogP contribution in [0, 0.1) is 10.7 Å². The third kappa shape index (κ3) is 1.69. The normalized spacial score (nSPS) is 25.7. The van der Waals surface area contributed by atoms with E-state index in [1.165, 1.54) is 0 Å². The van der Waals surface area contributed by atoms with Crippen LogP contribution >= 0.6 is 12.2 Å². The highest BCUT2D eigenvalue weighted by Gasteiger charge is 2.36. The molecule has 0 saturated heterocycles. The summed E-state index contributed by atoms with van der Waals surface area (Å²) in [6.45, 7) is 0. The molecule has 0 aliphatic heterocycles. The Labute approximate surface area is 92.1 Å². The number of carboxylic acid groups (broad SMARTS) is 1. The second-order valence-corrected chi connectivity index (χ2v) is 4.31. The summed E-state index contributed by atoms with van der Waals surface area (Å²) in [6, 6.07) is 0. The Morgan fingerprint density at radius 1 is 1.67 bits per heavy atom. The SMILES string of the molecule is Cn1c([C@H]2CCC[C@H]2C(=O)O)n[nH]c1=S. The lowest BCUT2D eigenvalue weighted by molar-refractivity contribution is -0.142. The maximum atomic E-state index is 11.0. The summed E-state index contributed by atoms with van der Waals surface area (Å²) in [5.74, 6) is -0.273. The Kier molecular flexibility index (Phi) is 2.60. The van der Waals surface area contributed by atoms with E-state index >= 15 is 0 Å². The molecule has 2 N–H and O–H groups in total. The van der Waals surface area contributed by atoms with Gasteiger partial charge in [-0.15, -0.1) is 0 Å². The van der Waals surface area contributed by atoms with Gasteiger partial charge in [-0.3, -0.25) is 9.89 Å². The van der Waals surface area contributed by atoms with Crippen LogP contribution in [0.4, 0.5) is 0 Å². The Bertz CT molecular complexity index is 437. The first kappa shape index (κ1) is 10.4. The average molecular weight is 227 g/mol. The Hall–Kier alpha value is -1.17. The number of aromatic nitrogens is 3. The van der Waals surface area contributed by atoms with Gasteiger partial charge in [0.15, 0.2) is 4.77 Å². The fourth-order valence-electron chi connectivity index (χ4n) is 2.26. The van der Waals surface area contributed by atoms with Crippen molar-refractivity contribution in [2.45, 2.75) is 25.2 Å². The fraction of sp³-hybridized carbons (Fsp3) is 0.667. The van der Waals surface area contributed by atoms with Gasteiger partial charge >= 0.3 is 5.97 Å². The van der Waals surface area contributed by atoms with Crippen molar-refractivity contribution >= 4 is 18.2 Å². The minimum absolute atomic E-state index is 0.000417. The standard InChI is InChI=1S/C9H13N3O2S/c1-12-7(10-11-9(12)15)5-3-2-4-6(5)8(13)14/h5-6H,2-4H2,1H3,(H,11,15)(H,13,14)/t5-,6+/m0/s1. The molecule has 1 aliphatic carbocycles. The molecule has 1 aromatic heterocycles. The van der Waals surface area contributed by atoms with Gasteiger partial charge in [0.25, 0.3) is 0 Å². The summed E-state index contributed by atoms with van der Waals surface area (Å²) in [4.78, 5) is 11.0. The number of nitrogens with one attached hydrogen (secondary N) is 1. The van der Waals surface area contributed by atoms with Crippen molar-refractivity contribution in [3.05, 3.63) is 10.6 Å². The van der Waals surface area contributed by atoms with Crippen molar-refractivity contribution < 1.29 is 9.90 Å². The zero-order valence-corrected chi connectivity index (χ0v) is 9.25. The van der Waals surface area contributed by atoms with Crippen LogP contribution in [0.2, 0.25) is 0 Å². The lowest BCUT2D eigenvalue weighted by Gasteiger charge is -2.14. The zero-order valence-electron chi connectivity index (χ0n) is 8.43. The van der Waals surface area contributed by atoms with E-state index in [0.717, 1.165) is 25.1 Å². The summed E-state index contributed by atoms with van der Waals surface area (Å²) >= 11 is 5.01. The van der Waals surface area contributed by atoms with Gasteiger partial charge in [-0.25, -0.2) is 0 Å². The third-order valence-corrected chi connectivity index (χ3v) is 3.44. The largest absolute Gasteiger partial charge is 0.481 e. The van der Waals surface area contributed by atoms with Crippen LogP contribution in [-0.2, 0) is 11.8 Å². The molecule has 0 radical (unpaired) electrons. The first-order chi connectivity index (χ1) is 7.11. The van der Waals surface area contributed by atoms with Gasteiger partial charge in [0, 0.05) is 13.0 Å². The minimum Gasteiger partial charge on any atom is -0.481 e. The van der Waals surface area contributed by atoms with E-state index in [0.29, 0.717) is 4.77 Å². The summed E-state index contributed by atoms with van der Waals surface area (Å²) in [5, 5.41) is 15.9. The van der Waals surface area contributed by atoms with E-state index in [9.17, 15) is 4.79 Å². The number of carbonyl (C=O) groups is 1. The van der Waals surface area contributed by atoms with Crippen LogP contribution in [0.3, 0.4) is 0 Å². The molecule has 0 amide bonds. The third-order valence-electron chi connectivity index (χ3n) is 3.08. The van der Waals surface area contributed by atoms with Crippen LogP contribution < -0.4 is 0 Å². The van der Waals surface area contributed by atoms with E-state index in [-0.39, 0.29) is 11.8 Å². The predicted molar refractivity (Wildman–Crippen MR) is 56.1 cm³/mol. The minimum atomic E-state index is -0.730. The number of aromatic amines is 1. The topological polar surface area (TPSA) is 70.9 Å². The van der Waals surface area contributed by atoms with Crippen molar-refractivity contribution in [2.24, 2.45) is 13.0 Å². The molecular weight excluding hydrogens is 214 g/mol. The number of rotatable bonds is 2. The molecule has 1 saturated carbocycles. The van der Waals surface area contributed by atoms with Crippen LogP contribution in [0.1, 0.15) is 31.0 Å². The molecule has 6 heteroatoms. The van der Waals surface area contributed by atoms with E-state index in [1.54, 1.807) is 4.57 Å². The molecular formula is C9H13N3O2S.